The van der Waals surface area contributed by atoms with E-state index in [1.165, 1.54) is 5.56 Å². The summed E-state index contributed by atoms with van der Waals surface area (Å²) in [5.74, 6) is -0.401. The number of amides is 2. The molecule has 0 saturated carbocycles. The predicted octanol–water partition coefficient (Wildman–Crippen LogP) is 4.37. The normalized spacial score (nSPS) is 15.8. The maximum absolute atomic E-state index is 12.8. The Kier molecular flexibility index (Phi) is 5.88. The molecule has 0 radical (unpaired) electrons. The van der Waals surface area contributed by atoms with Gasteiger partial charge in [-0.1, -0.05) is 48.5 Å². The third kappa shape index (κ3) is 4.31. The summed E-state index contributed by atoms with van der Waals surface area (Å²) >= 11 is 0. The van der Waals surface area contributed by atoms with Crippen molar-refractivity contribution < 1.29 is 9.59 Å². The minimum Gasteiger partial charge on any atom is -0.352 e. The van der Waals surface area contributed by atoms with E-state index in [-0.39, 0.29) is 24.2 Å². The van der Waals surface area contributed by atoms with Crippen molar-refractivity contribution in [3.05, 3.63) is 95.3 Å². The number of aryl methyl sites for hydroxylation is 1. The standard InChI is InChI=1S/C28H28N4O2/c1-19-6-5-9-25(20(19)2)32-17-23(14-27(32)33)28(34)29-15-21-10-12-22(13-11-21)16-31-18-30-24-7-3-4-8-26(24)31/h3-13,18,23H,14-17H2,1-2H3,(H,29,34). The smallest absolute Gasteiger partial charge is 0.227 e. The number of benzene rings is 3. The molecule has 2 heterocycles. The lowest BCUT2D eigenvalue weighted by Crippen LogP contribution is -2.32. The Morgan fingerprint density at radius 1 is 1.00 bits per heavy atom. The van der Waals surface area contributed by atoms with Crippen molar-refractivity contribution in [3.63, 3.8) is 0 Å². The number of hydrogen-bond donors (Lipinski definition) is 1. The van der Waals surface area contributed by atoms with Crippen LogP contribution in [-0.4, -0.2) is 27.9 Å². The molecule has 1 fully saturated rings. The van der Waals surface area contributed by atoms with Crippen molar-refractivity contribution >= 4 is 28.5 Å². The molecule has 1 atom stereocenters. The minimum absolute atomic E-state index is 0.00484. The topological polar surface area (TPSA) is 67.2 Å². The third-order valence-corrected chi connectivity index (χ3v) is 6.73. The molecule has 1 aliphatic rings. The molecule has 4 aromatic rings. The van der Waals surface area contributed by atoms with Crippen LogP contribution in [0.3, 0.4) is 0 Å². The van der Waals surface area contributed by atoms with Crippen LogP contribution in [0.4, 0.5) is 5.69 Å². The zero-order chi connectivity index (χ0) is 23.7. The molecule has 1 aliphatic heterocycles. The highest BCUT2D eigenvalue weighted by Crippen LogP contribution is 2.29. The highest BCUT2D eigenvalue weighted by Gasteiger charge is 2.35. The fourth-order valence-electron chi connectivity index (χ4n) is 4.57. The predicted molar refractivity (Wildman–Crippen MR) is 133 cm³/mol. The van der Waals surface area contributed by atoms with Crippen LogP contribution in [0.15, 0.2) is 73.1 Å². The van der Waals surface area contributed by atoms with Crippen LogP contribution in [0.1, 0.15) is 28.7 Å². The fourth-order valence-corrected chi connectivity index (χ4v) is 4.57. The third-order valence-electron chi connectivity index (χ3n) is 6.73. The molecule has 5 rings (SSSR count). The first-order chi connectivity index (χ1) is 16.5. The quantitative estimate of drug-likeness (QED) is 0.472. The number of nitrogens with zero attached hydrogens (tertiary/aromatic N) is 3. The number of rotatable bonds is 6. The van der Waals surface area contributed by atoms with Gasteiger partial charge >= 0.3 is 0 Å². The number of carbonyl (C=O) groups excluding carboxylic acids is 2. The molecule has 172 valence electrons. The van der Waals surface area contributed by atoms with Gasteiger partial charge in [0, 0.05) is 31.7 Å². The van der Waals surface area contributed by atoms with E-state index < -0.39 is 0 Å². The van der Waals surface area contributed by atoms with Gasteiger partial charge in [0.1, 0.15) is 0 Å². The largest absolute Gasteiger partial charge is 0.352 e. The number of aromatic nitrogens is 2. The number of hydrogen-bond acceptors (Lipinski definition) is 3. The second-order valence-electron chi connectivity index (χ2n) is 9.02. The molecule has 1 unspecified atom stereocenters. The van der Waals surface area contributed by atoms with Crippen LogP contribution in [-0.2, 0) is 22.7 Å². The van der Waals surface area contributed by atoms with Crippen molar-refractivity contribution in [2.24, 2.45) is 5.92 Å². The van der Waals surface area contributed by atoms with Crippen molar-refractivity contribution in [3.8, 4) is 0 Å². The highest BCUT2D eigenvalue weighted by molar-refractivity contribution is 6.00. The molecule has 0 bridgehead atoms. The molecular formula is C28H28N4O2. The number of fused-ring (bicyclic) bond motifs is 1. The average molecular weight is 453 g/mol. The molecule has 34 heavy (non-hydrogen) atoms. The van der Waals surface area contributed by atoms with Crippen LogP contribution in [0.5, 0.6) is 0 Å². The lowest BCUT2D eigenvalue weighted by molar-refractivity contribution is -0.126. The maximum Gasteiger partial charge on any atom is 0.227 e. The Bertz CT molecular complexity index is 1360. The first-order valence-electron chi connectivity index (χ1n) is 11.6. The molecule has 0 spiro atoms. The Hall–Kier alpha value is -3.93. The van der Waals surface area contributed by atoms with Crippen LogP contribution < -0.4 is 10.2 Å². The summed E-state index contributed by atoms with van der Waals surface area (Å²) in [6.07, 6.45) is 2.11. The first-order valence-corrected chi connectivity index (χ1v) is 11.6. The Labute approximate surface area is 199 Å². The van der Waals surface area contributed by atoms with E-state index >= 15 is 0 Å². The highest BCUT2D eigenvalue weighted by atomic mass is 16.2. The van der Waals surface area contributed by atoms with Crippen LogP contribution >= 0.6 is 0 Å². The monoisotopic (exact) mass is 452 g/mol. The summed E-state index contributed by atoms with van der Waals surface area (Å²) in [7, 11) is 0. The van der Waals surface area contributed by atoms with Crippen molar-refractivity contribution in [2.75, 3.05) is 11.4 Å². The molecule has 3 aromatic carbocycles. The second kappa shape index (κ2) is 9.14. The second-order valence-corrected chi connectivity index (χ2v) is 9.02. The zero-order valence-electron chi connectivity index (χ0n) is 19.5. The molecule has 1 aromatic heterocycles. The Morgan fingerprint density at radius 2 is 1.76 bits per heavy atom. The van der Waals surface area contributed by atoms with Gasteiger partial charge in [0.25, 0.3) is 0 Å². The van der Waals surface area contributed by atoms with E-state index in [1.54, 1.807) is 4.90 Å². The van der Waals surface area contributed by atoms with Gasteiger partial charge in [-0.05, 0) is 54.3 Å². The molecule has 1 N–H and O–H groups in total. The Balaban J connectivity index is 1.18. The van der Waals surface area contributed by atoms with E-state index in [1.807, 2.05) is 68.7 Å². The molecule has 0 aliphatic carbocycles. The lowest BCUT2D eigenvalue weighted by Gasteiger charge is -2.20. The number of nitrogens with one attached hydrogen (secondary N) is 1. The van der Waals surface area contributed by atoms with Gasteiger partial charge in [0.2, 0.25) is 11.8 Å². The zero-order valence-corrected chi connectivity index (χ0v) is 19.5. The minimum atomic E-state index is -0.332. The van der Waals surface area contributed by atoms with Gasteiger partial charge < -0.3 is 14.8 Å². The van der Waals surface area contributed by atoms with Crippen LogP contribution in [0.25, 0.3) is 11.0 Å². The number of imidazole rings is 1. The van der Waals surface area contributed by atoms with Gasteiger partial charge in [0.05, 0.1) is 23.3 Å². The number of para-hydroxylation sites is 2. The summed E-state index contributed by atoms with van der Waals surface area (Å²) in [4.78, 5) is 31.6. The summed E-state index contributed by atoms with van der Waals surface area (Å²) in [6.45, 7) is 5.66. The molecular weight excluding hydrogens is 424 g/mol. The average Bonchev–Trinajstić information content (AvgIpc) is 3.44. The van der Waals surface area contributed by atoms with Crippen molar-refractivity contribution in [1.82, 2.24) is 14.9 Å². The van der Waals surface area contributed by atoms with E-state index in [9.17, 15) is 9.59 Å². The van der Waals surface area contributed by atoms with Gasteiger partial charge in [-0.2, -0.15) is 0 Å². The van der Waals surface area contributed by atoms with E-state index in [2.05, 4.69) is 33.1 Å². The summed E-state index contributed by atoms with van der Waals surface area (Å²) in [5.41, 5.74) is 7.43. The van der Waals surface area contributed by atoms with Crippen molar-refractivity contribution in [1.29, 1.82) is 0 Å². The summed E-state index contributed by atoms with van der Waals surface area (Å²) < 4.78 is 2.13. The van der Waals surface area contributed by atoms with E-state index in [4.69, 9.17) is 0 Å². The van der Waals surface area contributed by atoms with Crippen LogP contribution in [0, 0.1) is 19.8 Å². The Morgan fingerprint density at radius 3 is 2.59 bits per heavy atom. The van der Waals surface area contributed by atoms with Crippen molar-refractivity contribution in [2.45, 2.75) is 33.4 Å². The summed E-state index contributed by atoms with van der Waals surface area (Å²) in [5, 5.41) is 3.02. The lowest BCUT2D eigenvalue weighted by atomic mass is 10.1. The van der Waals surface area contributed by atoms with Gasteiger partial charge in [-0.3, -0.25) is 9.59 Å². The van der Waals surface area contributed by atoms with Gasteiger partial charge in [-0.15, -0.1) is 0 Å². The molecule has 6 nitrogen and oxygen atoms in total. The molecule has 1 saturated heterocycles. The van der Waals surface area contributed by atoms with Crippen LogP contribution in [0.2, 0.25) is 0 Å². The maximum atomic E-state index is 12.8. The SMILES string of the molecule is Cc1cccc(N2CC(C(=O)NCc3ccc(Cn4cnc5ccccc54)cc3)CC2=O)c1C. The van der Waals surface area contributed by atoms with E-state index in [0.29, 0.717) is 13.1 Å². The number of carbonyl (C=O) groups is 2. The van der Waals surface area contributed by atoms with Gasteiger partial charge in [0.15, 0.2) is 0 Å². The number of anilines is 1. The molecule has 6 heteroatoms. The first kappa shape index (κ1) is 21.9. The fraction of sp³-hybridized carbons (Fsp3) is 0.250. The van der Waals surface area contributed by atoms with Gasteiger partial charge in [-0.25, -0.2) is 4.98 Å². The van der Waals surface area contributed by atoms with E-state index in [0.717, 1.165) is 40.0 Å². The molecule has 2 amide bonds. The summed E-state index contributed by atoms with van der Waals surface area (Å²) in [6, 6.07) is 22.3.